The highest BCUT2D eigenvalue weighted by molar-refractivity contribution is 5.98. The number of carbonyl (C=O) groups excluding carboxylic acids is 1. The van der Waals surface area contributed by atoms with Crippen LogP contribution in [-0.4, -0.2) is 11.9 Å². The molecule has 4 nitrogen and oxygen atoms in total. The summed E-state index contributed by atoms with van der Waals surface area (Å²) in [6, 6.07) is 2.18. The Kier molecular flexibility index (Phi) is 3.00. The lowest BCUT2D eigenvalue weighted by Gasteiger charge is -2.54. The maximum Gasteiger partial charge on any atom is 0.263 e. The molecule has 0 saturated heterocycles. The largest absolute Gasteiger partial charge is 0.401 e. The van der Waals surface area contributed by atoms with E-state index < -0.39 is 0 Å². The highest BCUT2D eigenvalue weighted by Gasteiger charge is 2.48. The number of nitriles is 1. The monoisotopic (exact) mass is 259 g/mol. The molecule has 4 saturated carbocycles. The number of nitrogens with one attached hydrogen (secondary N) is 1. The van der Waals surface area contributed by atoms with Gasteiger partial charge in [-0.2, -0.15) is 5.26 Å². The number of nitrogens with zero attached hydrogens (tertiary/aromatic N) is 1. The van der Waals surface area contributed by atoms with Gasteiger partial charge < -0.3 is 11.1 Å². The molecular weight excluding hydrogens is 238 g/mol. The maximum atomic E-state index is 12.1. The molecule has 0 unspecified atom stereocenters. The molecule has 4 bridgehead atoms. The van der Waals surface area contributed by atoms with Crippen molar-refractivity contribution in [1.82, 2.24) is 5.32 Å². The highest BCUT2D eigenvalue weighted by atomic mass is 16.1. The van der Waals surface area contributed by atoms with Crippen LogP contribution >= 0.6 is 0 Å². The molecule has 1 amide bonds. The van der Waals surface area contributed by atoms with Crippen molar-refractivity contribution in [1.29, 1.82) is 5.26 Å². The van der Waals surface area contributed by atoms with Crippen molar-refractivity contribution in [2.75, 3.05) is 0 Å². The van der Waals surface area contributed by atoms with E-state index in [1.54, 1.807) is 6.92 Å². The molecule has 4 heteroatoms. The lowest BCUT2D eigenvalue weighted by molar-refractivity contribution is -0.121. The zero-order valence-corrected chi connectivity index (χ0v) is 11.4. The predicted molar refractivity (Wildman–Crippen MR) is 71.5 cm³/mol. The predicted octanol–water partition coefficient (Wildman–Crippen LogP) is 1.68. The van der Waals surface area contributed by atoms with E-state index in [0.29, 0.717) is 17.5 Å². The van der Waals surface area contributed by atoms with E-state index >= 15 is 0 Å². The van der Waals surface area contributed by atoms with Gasteiger partial charge in [0.1, 0.15) is 11.6 Å². The zero-order valence-electron chi connectivity index (χ0n) is 11.4. The van der Waals surface area contributed by atoms with Gasteiger partial charge in [0.2, 0.25) is 0 Å². The first-order chi connectivity index (χ1) is 9.08. The van der Waals surface area contributed by atoms with Gasteiger partial charge in [-0.25, -0.2) is 0 Å². The number of allylic oxidation sites excluding steroid dienone is 1. The Morgan fingerprint density at radius 1 is 1.16 bits per heavy atom. The summed E-state index contributed by atoms with van der Waals surface area (Å²) in [5.74, 6) is 2.74. The van der Waals surface area contributed by atoms with E-state index in [-0.39, 0.29) is 17.5 Å². The molecule has 0 radical (unpaired) electrons. The van der Waals surface area contributed by atoms with Crippen LogP contribution in [0.2, 0.25) is 0 Å². The number of hydrogen-bond acceptors (Lipinski definition) is 3. The third kappa shape index (κ3) is 2.11. The molecule has 4 rings (SSSR count). The Morgan fingerprint density at radius 2 is 1.68 bits per heavy atom. The van der Waals surface area contributed by atoms with Crippen molar-refractivity contribution in [3.8, 4) is 6.07 Å². The van der Waals surface area contributed by atoms with Gasteiger partial charge in [0.05, 0.1) is 0 Å². The SMILES string of the molecule is C/C(N)=C(/C#N)C(=O)NC1C2CC3CC(C2)CC1C3. The second-order valence-electron chi connectivity index (χ2n) is 6.60. The molecule has 4 aliphatic rings. The van der Waals surface area contributed by atoms with E-state index in [9.17, 15) is 4.79 Å². The zero-order chi connectivity index (χ0) is 13.6. The number of rotatable bonds is 2. The molecule has 3 N–H and O–H groups in total. The Hall–Kier alpha value is -1.50. The minimum absolute atomic E-state index is 0.0776. The fraction of sp³-hybridized carbons (Fsp3) is 0.733. The van der Waals surface area contributed by atoms with Crippen LogP contribution in [0.5, 0.6) is 0 Å². The summed E-state index contributed by atoms with van der Waals surface area (Å²) in [5, 5.41) is 12.1. The summed E-state index contributed by atoms with van der Waals surface area (Å²) in [6.45, 7) is 1.61. The second kappa shape index (κ2) is 4.56. The second-order valence-corrected chi connectivity index (χ2v) is 6.60. The summed E-state index contributed by atoms with van der Waals surface area (Å²) >= 11 is 0. The molecule has 0 heterocycles. The Morgan fingerprint density at radius 3 is 2.11 bits per heavy atom. The molecule has 0 aromatic heterocycles. The average Bonchev–Trinajstić information content (AvgIpc) is 2.33. The van der Waals surface area contributed by atoms with Crippen LogP contribution in [0.4, 0.5) is 0 Å². The van der Waals surface area contributed by atoms with Gasteiger partial charge in [0.15, 0.2) is 0 Å². The van der Waals surface area contributed by atoms with Crippen LogP contribution in [0.1, 0.15) is 39.0 Å². The van der Waals surface area contributed by atoms with Gasteiger partial charge in [-0.15, -0.1) is 0 Å². The molecule has 4 aliphatic carbocycles. The van der Waals surface area contributed by atoms with Crippen LogP contribution in [0, 0.1) is 35.0 Å². The summed E-state index contributed by atoms with van der Waals surface area (Å²) < 4.78 is 0. The van der Waals surface area contributed by atoms with Crippen LogP contribution in [0.3, 0.4) is 0 Å². The first-order valence-electron chi connectivity index (χ1n) is 7.25. The summed E-state index contributed by atoms with van der Waals surface area (Å²) in [4.78, 5) is 12.1. The van der Waals surface area contributed by atoms with Gasteiger partial charge in [-0.1, -0.05) is 0 Å². The van der Waals surface area contributed by atoms with Crippen molar-refractivity contribution in [3.63, 3.8) is 0 Å². The number of nitrogens with two attached hydrogens (primary N) is 1. The normalized spacial score (nSPS) is 40.5. The van der Waals surface area contributed by atoms with E-state index in [2.05, 4.69) is 5.32 Å². The molecule has 102 valence electrons. The van der Waals surface area contributed by atoms with Crippen molar-refractivity contribution in [2.45, 2.75) is 45.1 Å². The summed E-state index contributed by atoms with van der Waals surface area (Å²) in [6.07, 6.45) is 6.42. The van der Waals surface area contributed by atoms with E-state index in [0.717, 1.165) is 11.8 Å². The third-order valence-corrected chi connectivity index (χ3v) is 5.26. The molecule has 0 aromatic carbocycles. The Bertz CT molecular complexity index is 442. The van der Waals surface area contributed by atoms with Crippen LogP contribution < -0.4 is 11.1 Å². The van der Waals surface area contributed by atoms with Crippen LogP contribution in [0.15, 0.2) is 11.3 Å². The number of amides is 1. The summed E-state index contributed by atoms with van der Waals surface area (Å²) in [7, 11) is 0. The Labute approximate surface area is 114 Å². The number of hydrogen-bond donors (Lipinski definition) is 2. The standard InChI is InChI=1S/C15H21N3O/c1-8(17)13(7-16)15(19)18-14-11-3-9-2-10(5-11)6-12(14)4-9/h9-12,14H,2-6,17H2,1H3,(H,18,19)/b13-8+. The van der Waals surface area contributed by atoms with Crippen LogP contribution in [0.25, 0.3) is 0 Å². The van der Waals surface area contributed by atoms with Gasteiger partial charge in [-0.05, 0) is 62.7 Å². The quantitative estimate of drug-likeness (QED) is 0.585. The summed E-state index contributed by atoms with van der Waals surface area (Å²) in [5.41, 5.74) is 5.98. The van der Waals surface area contributed by atoms with Gasteiger partial charge >= 0.3 is 0 Å². The minimum atomic E-state index is -0.278. The lowest BCUT2D eigenvalue weighted by atomic mass is 9.54. The first-order valence-corrected chi connectivity index (χ1v) is 7.25. The van der Waals surface area contributed by atoms with E-state index in [1.165, 1.54) is 32.1 Å². The highest BCUT2D eigenvalue weighted by Crippen LogP contribution is 2.53. The fourth-order valence-corrected chi connectivity index (χ4v) is 4.70. The topological polar surface area (TPSA) is 78.9 Å². The smallest absolute Gasteiger partial charge is 0.263 e. The van der Waals surface area contributed by atoms with Crippen molar-refractivity contribution in [2.24, 2.45) is 29.4 Å². The fourth-order valence-electron chi connectivity index (χ4n) is 4.70. The maximum absolute atomic E-state index is 12.1. The van der Waals surface area contributed by atoms with Crippen LogP contribution in [-0.2, 0) is 4.79 Å². The molecule has 19 heavy (non-hydrogen) atoms. The van der Waals surface area contributed by atoms with Crippen molar-refractivity contribution >= 4 is 5.91 Å². The lowest BCUT2D eigenvalue weighted by Crippen LogP contribution is -2.56. The molecule has 0 atom stereocenters. The van der Waals surface area contributed by atoms with Gasteiger partial charge in [-0.3, -0.25) is 4.79 Å². The molecule has 4 fully saturated rings. The molecule has 0 aliphatic heterocycles. The van der Waals surface area contributed by atoms with E-state index in [1.807, 2.05) is 6.07 Å². The molecule has 0 aromatic rings. The molecular formula is C15H21N3O. The Balaban J connectivity index is 1.73. The van der Waals surface area contributed by atoms with Gasteiger partial charge in [0, 0.05) is 11.7 Å². The minimum Gasteiger partial charge on any atom is -0.401 e. The van der Waals surface area contributed by atoms with Crippen molar-refractivity contribution < 1.29 is 4.79 Å². The third-order valence-electron chi connectivity index (χ3n) is 5.26. The van der Waals surface area contributed by atoms with Crippen molar-refractivity contribution in [3.05, 3.63) is 11.3 Å². The number of carbonyl (C=O) groups is 1. The first kappa shape index (κ1) is 12.5. The molecule has 0 spiro atoms. The van der Waals surface area contributed by atoms with Gasteiger partial charge in [0.25, 0.3) is 5.91 Å². The average molecular weight is 259 g/mol. The van der Waals surface area contributed by atoms with E-state index in [4.69, 9.17) is 11.0 Å².